The van der Waals surface area contributed by atoms with Crippen molar-refractivity contribution in [2.75, 3.05) is 13.3 Å². The van der Waals surface area contributed by atoms with Crippen LogP contribution in [0.5, 0.6) is 0 Å². The highest BCUT2D eigenvalue weighted by atomic mass is 16.6. The normalized spacial score (nSPS) is 16.2. The van der Waals surface area contributed by atoms with Gasteiger partial charge in [0.25, 0.3) is 6.73 Å². The summed E-state index contributed by atoms with van der Waals surface area (Å²) in [4.78, 5) is 2.09. The Kier molecular flexibility index (Phi) is 3.39. The standard InChI is InChI=1S/C11H18N2O2/c1-11(2,3)13-8-6-5-7-10(13)15-9-12(4)14/h5-7H,4,8-9H2,1-3H3. The van der Waals surface area contributed by atoms with E-state index in [0.717, 1.165) is 12.4 Å². The minimum Gasteiger partial charge on any atom is -0.622 e. The van der Waals surface area contributed by atoms with Gasteiger partial charge in [-0.3, -0.25) is 0 Å². The van der Waals surface area contributed by atoms with Crippen molar-refractivity contribution in [3.05, 3.63) is 29.3 Å². The number of ether oxygens (including phenoxy) is 1. The Bertz CT molecular complexity index is 300. The summed E-state index contributed by atoms with van der Waals surface area (Å²) >= 11 is 0. The molecule has 15 heavy (non-hydrogen) atoms. The van der Waals surface area contributed by atoms with E-state index >= 15 is 0 Å². The van der Waals surface area contributed by atoms with Crippen molar-refractivity contribution in [1.29, 1.82) is 0 Å². The molecule has 0 aromatic rings. The average molecular weight is 210 g/mol. The van der Waals surface area contributed by atoms with E-state index in [1.165, 1.54) is 0 Å². The van der Waals surface area contributed by atoms with Crippen molar-refractivity contribution < 1.29 is 9.48 Å². The van der Waals surface area contributed by atoms with Crippen LogP contribution in [0.25, 0.3) is 0 Å². The molecule has 0 aromatic carbocycles. The molecule has 0 unspecified atom stereocenters. The summed E-state index contributed by atoms with van der Waals surface area (Å²) in [6.45, 7) is 10.2. The van der Waals surface area contributed by atoms with Gasteiger partial charge >= 0.3 is 0 Å². The lowest BCUT2D eigenvalue weighted by molar-refractivity contribution is -0.495. The molecule has 84 valence electrons. The van der Waals surface area contributed by atoms with Crippen molar-refractivity contribution in [2.45, 2.75) is 26.3 Å². The Hall–Kier alpha value is -1.45. The first-order valence-corrected chi connectivity index (χ1v) is 4.93. The van der Waals surface area contributed by atoms with Gasteiger partial charge in [0.1, 0.15) is 6.72 Å². The molecular weight excluding hydrogens is 192 g/mol. The maximum Gasteiger partial charge on any atom is 0.298 e. The molecule has 0 saturated heterocycles. The summed E-state index contributed by atoms with van der Waals surface area (Å²) in [5.74, 6) is 0.717. The van der Waals surface area contributed by atoms with E-state index in [2.05, 4.69) is 38.5 Å². The topological polar surface area (TPSA) is 38.5 Å². The molecule has 0 aliphatic carbocycles. The number of hydroxylamine groups is 1. The van der Waals surface area contributed by atoms with Gasteiger partial charge in [-0.1, -0.05) is 12.2 Å². The van der Waals surface area contributed by atoms with Crippen molar-refractivity contribution in [1.82, 2.24) is 4.90 Å². The Balaban J connectivity index is 2.69. The molecule has 0 aromatic heterocycles. The van der Waals surface area contributed by atoms with Crippen molar-refractivity contribution in [3.63, 3.8) is 0 Å². The van der Waals surface area contributed by atoms with Gasteiger partial charge < -0.3 is 14.8 Å². The van der Waals surface area contributed by atoms with E-state index < -0.39 is 0 Å². The van der Waals surface area contributed by atoms with Crippen LogP contribution in [-0.2, 0) is 4.74 Å². The zero-order valence-electron chi connectivity index (χ0n) is 9.56. The number of hydrogen-bond acceptors (Lipinski definition) is 3. The Morgan fingerprint density at radius 3 is 2.80 bits per heavy atom. The smallest absolute Gasteiger partial charge is 0.298 e. The first kappa shape index (κ1) is 11.6. The molecule has 1 aliphatic rings. The fraction of sp³-hybridized carbons (Fsp3) is 0.545. The van der Waals surface area contributed by atoms with Crippen LogP contribution in [0.3, 0.4) is 0 Å². The van der Waals surface area contributed by atoms with Crippen LogP contribution in [-0.4, -0.2) is 35.2 Å². The largest absolute Gasteiger partial charge is 0.622 e. The molecule has 0 saturated carbocycles. The summed E-state index contributed by atoms with van der Waals surface area (Å²) in [6, 6.07) is 0. The number of hydrogen-bond donors (Lipinski definition) is 0. The molecule has 0 radical (unpaired) electrons. The highest BCUT2D eigenvalue weighted by molar-refractivity contribution is 5.16. The average Bonchev–Trinajstić information content (AvgIpc) is 2.13. The molecule has 4 heteroatoms. The molecule has 1 heterocycles. The maximum absolute atomic E-state index is 10.7. The van der Waals surface area contributed by atoms with Gasteiger partial charge in [-0.15, -0.1) is 0 Å². The van der Waals surface area contributed by atoms with E-state index in [1.807, 2.05) is 12.2 Å². The van der Waals surface area contributed by atoms with Gasteiger partial charge in [-0.2, -0.15) is 4.74 Å². The summed E-state index contributed by atoms with van der Waals surface area (Å²) in [7, 11) is 0. The zero-order chi connectivity index (χ0) is 11.5. The number of allylic oxidation sites excluding steroid dienone is 2. The van der Waals surface area contributed by atoms with Crippen LogP contribution >= 0.6 is 0 Å². The summed E-state index contributed by atoms with van der Waals surface area (Å²) in [5, 5.41) is 10.7. The van der Waals surface area contributed by atoms with Gasteiger partial charge in [0, 0.05) is 12.1 Å². The third-order valence-electron chi connectivity index (χ3n) is 2.10. The third-order valence-corrected chi connectivity index (χ3v) is 2.10. The van der Waals surface area contributed by atoms with Gasteiger partial charge in [0.05, 0.1) is 0 Å². The lowest BCUT2D eigenvalue weighted by Crippen LogP contribution is -2.42. The highest BCUT2D eigenvalue weighted by Crippen LogP contribution is 2.22. The SMILES string of the molecule is C=[N+]([O-])COC1=CC=CCN1C(C)(C)C. The summed E-state index contributed by atoms with van der Waals surface area (Å²) in [6.07, 6.45) is 5.84. The molecule has 0 fully saturated rings. The molecule has 0 bridgehead atoms. The molecule has 0 atom stereocenters. The lowest BCUT2D eigenvalue weighted by atomic mass is 10.1. The quantitative estimate of drug-likeness (QED) is 0.234. The molecule has 0 spiro atoms. The fourth-order valence-corrected chi connectivity index (χ4v) is 1.37. The van der Waals surface area contributed by atoms with Gasteiger partial charge in [0.15, 0.2) is 5.88 Å². The fourth-order valence-electron chi connectivity index (χ4n) is 1.37. The minimum atomic E-state index is -0.0494. The predicted octanol–water partition coefficient (Wildman–Crippen LogP) is 1.68. The van der Waals surface area contributed by atoms with Gasteiger partial charge in [-0.25, -0.2) is 0 Å². The maximum atomic E-state index is 10.7. The minimum absolute atomic E-state index is 0.0223. The van der Waals surface area contributed by atoms with Crippen LogP contribution in [0, 0.1) is 5.21 Å². The molecular formula is C11H18N2O2. The monoisotopic (exact) mass is 210 g/mol. The van der Waals surface area contributed by atoms with E-state index in [9.17, 15) is 5.21 Å². The van der Waals surface area contributed by atoms with Crippen LogP contribution in [0.2, 0.25) is 0 Å². The second-order valence-corrected chi connectivity index (χ2v) is 4.47. The molecule has 0 amide bonds. The third kappa shape index (κ3) is 3.31. The Morgan fingerprint density at radius 2 is 2.27 bits per heavy atom. The van der Waals surface area contributed by atoms with Crippen molar-refractivity contribution in [3.8, 4) is 0 Å². The highest BCUT2D eigenvalue weighted by Gasteiger charge is 2.25. The first-order chi connectivity index (χ1) is 6.91. The van der Waals surface area contributed by atoms with Crippen LogP contribution in [0.15, 0.2) is 24.1 Å². The summed E-state index contributed by atoms with van der Waals surface area (Å²) < 4.78 is 5.88. The molecule has 1 rings (SSSR count). The van der Waals surface area contributed by atoms with Crippen molar-refractivity contribution in [2.24, 2.45) is 0 Å². The van der Waals surface area contributed by atoms with Crippen molar-refractivity contribution >= 4 is 6.72 Å². The van der Waals surface area contributed by atoms with Crippen LogP contribution < -0.4 is 0 Å². The zero-order valence-corrected chi connectivity index (χ0v) is 9.56. The van der Waals surface area contributed by atoms with E-state index in [1.54, 1.807) is 0 Å². The molecule has 0 N–H and O–H groups in total. The Labute approximate surface area is 90.7 Å². The van der Waals surface area contributed by atoms with E-state index in [4.69, 9.17) is 4.74 Å². The van der Waals surface area contributed by atoms with E-state index in [-0.39, 0.29) is 12.3 Å². The Morgan fingerprint density at radius 1 is 1.60 bits per heavy atom. The number of rotatable bonds is 3. The predicted molar refractivity (Wildman–Crippen MR) is 60.4 cm³/mol. The second kappa shape index (κ2) is 4.38. The van der Waals surface area contributed by atoms with Crippen LogP contribution in [0.4, 0.5) is 0 Å². The van der Waals surface area contributed by atoms with Gasteiger partial charge in [-0.05, 0) is 26.8 Å². The lowest BCUT2D eigenvalue weighted by Gasteiger charge is -2.38. The van der Waals surface area contributed by atoms with Gasteiger partial charge in [0.2, 0.25) is 0 Å². The second-order valence-electron chi connectivity index (χ2n) is 4.47. The first-order valence-electron chi connectivity index (χ1n) is 4.93. The number of nitrogens with zero attached hydrogens (tertiary/aromatic N) is 2. The van der Waals surface area contributed by atoms with E-state index in [0.29, 0.717) is 4.74 Å². The molecule has 4 nitrogen and oxygen atoms in total. The van der Waals surface area contributed by atoms with Crippen LogP contribution in [0.1, 0.15) is 20.8 Å². The summed E-state index contributed by atoms with van der Waals surface area (Å²) in [5.41, 5.74) is -0.0223. The molecule has 1 aliphatic heterocycles.